The summed E-state index contributed by atoms with van der Waals surface area (Å²) in [5.74, 6) is -0.605. The van der Waals surface area contributed by atoms with Gasteiger partial charge >= 0.3 is 5.97 Å². The topological polar surface area (TPSA) is 49.3 Å². The highest BCUT2D eigenvalue weighted by molar-refractivity contribution is 6.30. The lowest BCUT2D eigenvalue weighted by atomic mass is 9.73. The molecular formula is C15H18ClNO2. The lowest BCUT2D eigenvalue weighted by Gasteiger charge is -2.35. The number of fused-ring (bicyclic) bond motifs is 2. The maximum Gasteiger partial charge on any atom is 0.303 e. The van der Waals surface area contributed by atoms with Crippen LogP contribution in [0.5, 0.6) is 0 Å². The quantitative estimate of drug-likeness (QED) is 0.875. The number of nitrogens with one attached hydrogen (secondary N) is 1. The number of hydrogen-bond acceptors (Lipinski definition) is 2. The summed E-state index contributed by atoms with van der Waals surface area (Å²) in [6, 6.07) is 6.03. The smallest absolute Gasteiger partial charge is 0.303 e. The van der Waals surface area contributed by atoms with Gasteiger partial charge in [0.1, 0.15) is 0 Å². The van der Waals surface area contributed by atoms with Gasteiger partial charge in [-0.3, -0.25) is 4.79 Å². The lowest BCUT2D eigenvalue weighted by molar-refractivity contribution is -0.137. The number of aliphatic carboxylic acids is 1. The van der Waals surface area contributed by atoms with Gasteiger partial charge in [-0.2, -0.15) is 0 Å². The fraction of sp³-hybridized carbons (Fsp3) is 0.533. The van der Waals surface area contributed by atoms with Crippen molar-refractivity contribution in [3.8, 4) is 0 Å². The summed E-state index contributed by atoms with van der Waals surface area (Å²) >= 11 is 6.09. The van der Waals surface area contributed by atoms with Crippen molar-refractivity contribution in [3.63, 3.8) is 0 Å². The van der Waals surface area contributed by atoms with E-state index >= 15 is 0 Å². The first-order chi connectivity index (χ1) is 9.11. The molecule has 1 aromatic carbocycles. The van der Waals surface area contributed by atoms with E-state index in [0.29, 0.717) is 5.02 Å². The minimum Gasteiger partial charge on any atom is -0.481 e. The van der Waals surface area contributed by atoms with Gasteiger partial charge in [0.15, 0.2) is 0 Å². The highest BCUT2D eigenvalue weighted by Crippen LogP contribution is 2.52. The van der Waals surface area contributed by atoms with Crippen LogP contribution in [0.4, 0.5) is 0 Å². The molecule has 0 aromatic heterocycles. The number of carboxylic acids is 1. The molecule has 0 saturated carbocycles. The first kappa shape index (κ1) is 12.9. The van der Waals surface area contributed by atoms with Gasteiger partial charge in [0.2, 0.25) is 0 Å². The van der Waals surface area contributed by atoms with Gasteiger partial charge in [0.25, 0.3) is 0 Å². The van der Waals surface area contributed by atoms with E-state index in [-0.39, 0.29) is 17.8 Å². The van der Waals surface area contributed by atoms with Crippen molar-refractivity contribution < 1.29 is 9.90 Å². The number of piperidine rings is 1. The minimum absolute atomic E-state index is 0.115. The molecule has 1 atom stereocenters. The van der Waals surface area contributed by atoms with Crippen LogP contribution in [0.2, 0.25) is 5.02 Å². The molecule has 1 aliphatic carbocycles. The number of carboxylic acid groups (broad SMARTS) is 1. The van der Waals surface area contributed by atoms with E-state index < -0.39 is 5.97 Å². The minimum atomic E-state index is -0.720. The fourth-order valence-corrected chi connectivity index (χ4v) is 4.00. The van der Waals surface area contributed by atoms with Gasteiger partial charge in [-0.05, 0) is 66.9 Å². The van der Waals surface area contributed by atoms with Crippen LogP contribution in [0.25, 0.3) is 0 Å². The van der Waals surface area contributed by atoms with E-state index in [0.717, 1.165) is 37.9 Å². The van der Waals surface area contributed by atoms with Crippen LogP contribution < -0.4 is 5.32 Å². The highest BCUT2D eigenvalue weighted by Gasteiger charge is 2.44. The molecule has 3 rings (SSSR count). The van der Waals surface area contributed by atoms with Gasteiger partial charge in [0, 0.05) is 5.02 Å². The monoisotopic (exact) mass is 279 g/mol. The van der Waals surface area contributed by atoms with Gasteiger partial charge in [-0.15, -0.1) is 0 Å². The molecule has 19 heavy (non-hydrogen) atoms. The molecule has 4 heteroatoms. The fourth-order valence-electron chi connectivity index (χ4n) is 3.82. The van der Waals surface area contributed by atoms with Gasteiger partial charge in [-0.25, -0.2) is 0 Å². The maximum atomic E-state index is 11.1. The Morgan fingerprint density at radius 2 is 2.16 bits per heavy atom. The van der Waals surface area contributed by atoms with Crippen molar-refractivity contribution in [2.75, 3.05) is 13.1 Å². The van der Waals surface area contributed by atoms with Crippen LogP contribution in [-0.4, -0.2) is 24.2 Å². The molecule has 1 fully saturated rings. The third kappa shape index (κ3) is 2.26. The largest absolute Gasteiger partial charge is 0.481 e. The normalized spacial score (nSPS) is 24.4. The molecule has 1 aliphatic heterocycles. The van der Waals surface area contributed by atoms with E-state index in [1.807, 2.05) is 12.1 Å². The third-order valence-corrected chi connectivity index (χ3v) is 4.88. The van der Waals surface area contributed by atoms with Gasteiger partial charge in [-0.1, -0.05) is 17.7 Å². The Bertz CT molecular complexity index is 509. The first-order valence-corrected chi connectivity index (χ1v) is 7.21. The molecule has 1 saturated heterocycles. The van der Waals surface area contributed by atoms with Crippen molar-refractivity contribution in [1.82, 2.24) is 5.32 Å². The molecule has 0 radical (unpaired) electrons. The molecule has 0 amide bonds. The molecule has 1 unspecified atom stereocenters. The zero-order valence-electron chi connectivity index (χ0n) is 10.8. The van der Waals surface area contributed by atoms with Crippen molar-refractivity contribution in [1.29, 1.82) is 0 Å². The maximum absolute atomic E-state index is 11.1. The Kier molecular flexibility index (Phi) is 3.27. The van der Waals surface area contributed by atoms with Gasteiger partial charge < -0.3 is 10.4 Å². The molecule has 1 heterocycles. The summed E-state index contributed by atoms with van der Waals surface area (Å²) in [5.41, 5.74) is 2.67. The highest BCUT2D eigenvalue weighted by atomic mass is 35.5. The second-order valence-electron chi connectivity index (χ2n) is 5.76. The molecule has 2 N–H and O–H groups in total. The zero-order valence-corrected chi connectivity index (χ0v) is 11.5. The number of rotatable bonds is 2. The Morgan fingerprint density at radius 1 is 1.42 bits per heavy atom. The van der Waals surface area contributed by atoms with E-state index in [1.54, 1.807) is 0 Å². The Hall–Kier alpha value is -1.06. The summed E-state index contributed by atoms with van der Waals surface area (Å²) in [7, 11) is 0. The SMILES string of the molecule is O=C(O)CC1CC2(CCNCC2)c2ccc(Cl)cc21. The van der Waals surface area contributed by atoms with Crippen molar-refractivity contribution in [2.24, 2.45) is 0 Å². The van der Waals surface area contributed by atoms with Crippen LogP contribution in [0.1, 0.15) is 42.7 Å². The van der Waals surface area contributed by atoms with Crippen LogP contribution >= 0.6 is 11.6 Å². The van der Waals surface area contributed by atoms with Crippen LogP contribution in [-0.2, 0) is 10.2 Å². The Balaban J connectivity index is 2.01. The number of benzene rings is 1. The van der Waals surface area contributed by atoms with Crippen molar-refractivity contribution in [2.45, 2.75) is 37.0 Å². The predicted octanol–water partition coefficient (Wildman–Crippen LogP) is 2.92. The second-order valence-corrected chi connectivity index (χ2v) is 6.20. The lowest BCUT2D eigenvalue weighted by Crippen LogP contribution is -2.38. The molecular weight excluding hydrogens is 262 g/mol. The summed E-state index contributed by atoms with van der Waals surface area (Å²) in [6.45, 7) is 2.03. The van der Waals surface area contributed by atoms with E-state index in [1.165, 1.54) is 5.56 Å². The number of carbonyl (C=O) groups is 1. The third-order valence-electron chi connectivity index (χ3n) is 4.64. The molecule has 102 valence electrons. The first-order valence-electron chi connectivity index (χ1n) is 6.83. The summed E-state index contributed by atoms with van der Waals surface area (Å²) < 4.78 is 0. The molecule has 2 aliphatic rings. The van der Waals surface area contributed by atoms with Crippen molar-refractivity contribution in [3.05, 3.63) is 34.3 Å². The second kappa shape index (κ2) is 4.80. The Labute approximate surface area is 118 Å². The summed E-state index contributed by atoms with van der Waals surface area (Å²) in [4.78, 5) is 11.1. The summed E-state index contributed by atoms with van der Waals surface area (Å²) in [6.07, 6.45) is 3.36. The van der Waals surface area contributed by atoms with Crippen LogP contribution in [0, 0.1) is 0 Å². The molecule has 0 bridgehead atoms. The average molecular weight is 280 g/mol. The molecule has 1 spiro atoms. The standard InChI is InChI=1S/C15H18ClNO2/c16-11-1-2-13-12(8-11)10(7-14(18)19)9-15(13)3-5-17-6-4-15/h1-2,8,10,17H,3-7,9H2,(H,18,19). The van der Waals surface area contributed by atoms with Gasteiger partial charge in [0.05, 0.1) is 6.42 Å². The van der Waals surface area contributed by atoms with Crippen molar-refractivity contribution >= 4 is 17.6 Å². The van der Waals surface area contributed by atoms with Crippen LogP contribution in [0.15, 0.2) is 18.2 Å². The summed E-state index contributed by atoms with van der Waals surface area (Å²) in [5, 5.41) is 13.2. The van der Waals surface area contributed by atoms with E-state index in [4.69, 9.17) is 16.7 Å². The van der Waals surface area contributed by atoms with E-state index in [2.05, 4.69) is 11.4 Å². The molecule has 1 aromatic rings. The average Bonchev–Trinajstić information content (AvgIpc) is 2.63. The van der Waals surface area contributed by atoms with Crippen LogP contribution in [0.3, 0.4) is 0 Å². The number of halogens is 1. The zero-order chi connectivity index (χ0) is 13.5. The Morgan fingerprint density at radius 3 is 2.84 bits per heavy atom. The van der Waals surface area contributed by atoms with E-state index in [9.17, 15) is 4.79 Å². The predicted molar refractivity (Wildman–Crippen MR) is 74.8 cm³/mol. The number of hydrogen-bond donors (Lipinski definition) is 2. The molecule has 3 nitrogen and oxygen atoms in total.